The zero-order valence-corrected chi connectivity index (χ0v) is 9.83. The summed E-state index contributed by atoms with van der Waals surface area (Å²) in [4.78, 5) is 0. The van der Waals surface area contributed by atoms with Crippen LogP contribution in [-0.4, -0.2) is 18.7 Å². The van der Waals surface area contributed by atoms with E-state index in [9.17, 15) is 0 Å². The Morgan fingerprint density at radius 1 is 1.56 bits per heavy atom. The van der Waals surface area contributed by atoms with Crippen molar-refractivity contribution >= 4 is 0 Å². The summed E-state index contributed by atoms with van der Waals surface area (Å²) in [5.74, 6) is 0.810. The van der Waals surface area contributed by atoms with E-state index >= 15 is 0 Å². The van der Waals surface area contributed by atoms with Crippen LogP contribution in [0.4, 0.5) is 0 Å². The Morgan fingerprint density at radius 2 is 2.31 bits per heavy atom. The average molecular weight is 220 g/mol. The topological polar surface area (TPSA) is 47.3 Å². The van der Waals surface area contributed by atoms with Crippen molar-refractivity contribution in [2.24, 2.45) is 5.73 Å². The Balaban J connectivity index is 2.27. The standard InChI is InChI=1S/C13H20N2O/c1-3-5-10-11(15-2)8-13(6-4-7-13)16-12(10)9-14/h3,5,9,11,15H,1,4,6-8,14H2,2H3/b10-5-,12-9+. The SMILES string of the molecule is C=C/C=C1\C(=C/N)OC2(CCC2)CC1NC. The van der Waals surface area contributed by atoms with E-state index in [0.29, 0.717) is 6.04 Å². The smallest absolute Gasteiger partial charge is 0.140 e. The third kappa shape index (κ3) is 1.76. The fourth-order valence-corrected chi connectivity index (χ4v) is 2.58. The van der Waals surface area contributed by atoms with Crippen molar-refractivity contribution in [3.63, 3.8) is 0 Å². The van der Waals surface area contributed by atoms with Crippen molar-refractivity contribution in [3.8, 4) is 0 Å². The van der Waals surface area contributed by atoms with Gasteiger partial charge >= 0.3 is 0 Å². The molecule has 1 unspecified atom stereocenters. The molecule has 3 heteroatoms. The van der Waals surface area contributed by atoms with Gasteiger partial charge in [-0.05, 0) is 26.3 Å². The van der Waals surface area contributed by atoms with E-state index in [4.69, 9.17) is 10.5 Å². The fourth-order valence-electron chi connectivity index (χ4n) is 2.58. The third-order valence-electron chi connectivity index (χ3n) is 3.62. The molecule has 1 saturated heterocycles. The second-order valence-corrected chi connectivity index (χ2v) is 4.57. The van der Waals surface area contributed by atoms with Crippen LogP contribution in [0.15, 0.2) is 36.3 Å². The summed E-state index contributed by atoms with van der Waals surface area (Å²) in [7, 11) is 1.98. The Morgan fingerprint density at radius 3 is 2.75 bits per heavy atom. The minimum absolute atomic E-state index is 0.0391. The quantitative estimate of drug-likeness (QED) is 0.746. The number of rotatable bonds is 2. The third-order valence-corrected chi connectivity index (χ3v) is 3.62. The highest BCUT2D eigenvalue weighted by Crippen LogP contribution is 2.46. The number of nitrogens with one attached hydrogen (secondary N) is 1. The maximum atomic E-state index is 6.04. The number of hydrogen-bond donors (Lipinski definition) is 2. The number of hydrogen-bond acceptors (Lipinski definition) is 3. The molecule has 0 aromatic heterocycles. The van der Waals surface area contributed by atoms with Crippen LogP contribution in [0.1, 0.15) is 25.7 Å². The first-order valence-electron chi connectivity index (χ1n) is 5.86. The van der Waals surface area contributed by atoms with E-state index in [-0.39, 0.29) is 5.60 Å². The van der Waals surface area contributed by atoms with Crippen molar-refractivity contribution in [2.45, 2.75) is 37.3 Å². The number of allylic oxidation sites excluding steroid dienone is 2. The molecule has 2 rings (SSSR count). The van der Waals surface area contributed by atoms with Gasteiger partial charge < -0.3 is 15.8 Å². The molecule has 0 amide bonds. The maximum absolute atomic E-state index is 6.04. The summed E-state index contributed by atoms with van der Waals surface area (Å²) in [6.07, 6.45) is 9.90. The molecule has 88 valence electrons. The van der Waals surface area contributed by atoms with Gasteiger partial charge in [0.15, 0.2) is 0 Å². The fraction of sp³-hybridized carbons (Fsp3) is 0.538. The van der Waals surface area contributed by atoms with E-state index in [1.54, 1.807) is 12.3 Å². The Bertz CT molecular complexity index is 340. The van der Waals surface area contributed by atoms with Gasteiger partial charge in [0.1, 0.15) is 11.4 Å². The zero-order chi connectivity index (χ0) is 11.6. The van der Waals surface area contributed by atoms with E-state index in [2.05, 4.69) is 11.9 Å². The molecule has 0 bridgehead atoms. The molecule has 1 saturated carbocycles. The van der Waals surface area contributed by atoms with Crippen LogP contribution < -0.4 is 11.1 Å². The van der Waals surface area contributed by atoms with Gasteiger partial charge in [0.05, 0.1) is 0 Å². The highest BCUT2D eigenvalue weighted by Gasteiger charge is 2.46. The second-order valence-electron chi connectivity index (χ2n) is 4.57. The first-order valence-corrected chi connectivity index (χ1v) is 5.86. The van der Waals surface area contributed by atoms with E-state index in [1.807, 2.05) is 13.1 Å². The van der Waals surface area contributed by atoms with Crippen molar-refractivity contribution in [2.75, 3.05) is 7.05 Å². The second kappa shape index (κ2) is 4.34. The van der Waals surface area contributed by atoms with Gasteiger partial charge in [-0.25, -0.2) is 0 Å². The summed E-state index contributed by atoms with van der Waals surface area (Å²) < 4.78 is 6.04. The van der Waals surface area contributed by atoms with Crippen molar-refractivity contribution < 1.29 is 4.74 Å². The molecule has 3 N–H and O–H groups in total. The lowest BCUT2D eigenvalue weighted by molar-refractivity contribution is -0.0836. The minimum atomic E-state index is 0.0391. The van der Waals surface area contributed by atoms with Gasteiger partial charge in [0, 0.05) is 24.2 Å². The van der Waals surface area contributed by atoms with Crippen molar-refractivity contribution in [1.82, 2.24) is 5.32 Å². The molecule has 1 aliphatic heterocycles. The van der Waals surface area contributed by atoms with Crippen LogP contribution in [0.25, 0.3) is 0 Å². The molecule has 1 spiro atoms. The summed E-state index contributed by atoms with van der Waals surface area (Å²) >= 11 is 0. The van der Waals surface area contributed by atoms with Gasteiger partial charge in [-0.1, -0.05) is 18.7 Å². The highest BCUT2D eigenvalue weighted by molar-refractivity contribution is 5.37. The van der Waals surface area contributed by atoms with Crippen LogP contribution in [0.2, 0.25) is 0 Å². The largest absolute Gasteiger partial charge is 0.485 e. The van der Waals surface area contributed by atoms with Crippen LogP contribution in [0.5, 0.6) is 0 Å². The van der Waals surface area contributed by atoms with E-state index in [0.717, 1.165) is 30.6 Å². The molecule has 0 aromatic carbocycles. The summed E-state index contributed by atoms with van der Waals surface area (Å²) in [5.41, 5.74) is 6.80. The van der Waals surface area contributed by atoms with Gasteiger partial charge in [-0.2, -0.15) is 0 Å². The molecule has 0 aromatic rings. The lowest BCUT2D eigenvalue weighted by Crippen LogP contribution is -2.50. The normalized spacial score (nSPS) is 32.4. The average Bonchev–Trinajstić information content (AvgIpc) is 2.27. The van der Waals surface area contributed by atoms with Gasteiger partial charge in [-0.3, -0.25) is 0 Å². The zero-order valence-electron chi connectivity index (χ0n) is 9.83. The lowest BCUT2D eigenvalue weighted by Gasteiger charge is -2.49. The van der Waals surface area contributed by atoms with Crippen molar-refractivity contribution in [1.29, 1.82) is 0 Å². The first kappa shape index (κ1) is 11.3. The highest BCUT2D eigenvalue weighted by atomic mass is 16.5. The van der Waals surface area contributed by atoms with Crippen molar-refractivity contribution in [3.05, 3.63) is 36.3 Å². The summed E-state index contributed by atoms with van der Waals surface area (Å²) in [6, 6.07) is 0.321. The molecule has 1 heterocycles. The Kier molecular flexibility index (Phi) is 3.06. The van der Waals surface area contributed by atoms with Gasteiger partial charge in [0.2, 0.25) is 0 Å². The molecule has 0 radical (unpaired) electrons. The van der Waals surface area contributed by atoms with Crippen LogP contribution in [0.3, 0.4) is 0 Å². The Labute approximate surface area is 97.0 Å². The van der Waals surface area contributed by atoms with Gasteiger partial charge in [-0.15, -0.1) is 0 Å². The van der Waals surface area contributed by atoms with E-state index in [1.165, 1.54) is 6.42 Å². The molecule has 16 heavy (non-hydrogen) atoms. The number of nitrogens with two attached hydrogens (primary N) is 1. The van der Waals surface area contributed by atoms with E-state index < -0.39 is 0 Å². The van der Waals surface area contributed by atoms with Crippen LogP contribution in [0, 0.1) is 0 Å². The first-order chi connectivity index (χ1) is 7.74. The molecular weight excluding hydrogens is 200 g/mol. The molecule has 3 nitrogen and oxygen atoms in total. The molecule has 2 aliphatic rings. The number of likely N-dealkylation sites (N-methyl/N-ethyl adjacent to an activating group) is 1. The van der Waals surface area contributed by atoms with Crippen LogP contribution in [-0.2, 0) is 4.74 Å². The Hall–Kier alpha value is -1.22. The molecule has 1 aliphatic carbocycles. The predicted octanol–water partition coefficient (Wildman–Crippen LogP) is 1.83. The summed E-state index contributed by atoms with van der Waals surface area (Å²) in [5, 5.41) is 3.33. The minimum Gasteiger partial charge on any atom is -0.485 e. The maximum Gasteiger partial charge on any atom is 0.140 e. The summed E-state index contributed by atoms with van der Waals surface area (Å²) in [6.45, 7) is 3.73. The van der Waals surface area contributed by atoms with Crippen LogP contribution >= 0.6 is 0 Å². The predicted molar refractivity (Wildman–Crippen MR) is 65.7 cm³/mol. The lowest BCUT2D eigenvalue weighted by atomic mass is 9.72. The van der Waals surface area contributed by atoms with Gasteiger partial charge in [0.25, 0.3) is 0 Å². The molecular formula is C13H20N2O. The number of ether oxygens (including phenoxy) is 1. The molecule has 1 atom stereocenters. The monoisotopic (exact) mass is 220 g/mol. The molecule has 2 fully saturated rings.